The lowest BCUT2D eigenvalue weighted by molar-refractivity contribution is -0.118. The van der Waals surface area contributed by atoms with Crippen LogP contribution in [0.1, 0.15) is 35.7 Å². The lowest BCUT2D eigenvalue weighted by atomic mass is 10.0. The number of nitrogens with one attached hydrogen (secondary N) is 2. The molecule has 0 fully saturated rings. The highest BCUT2D eigenvalue weighted by Crippen LogP contribution is 2.22. The number of anilines is 1. The van der Waals surface area contributed by atoms with Crippen LogP contribution in [-0.4, -0.2) is 24.4 Å². The summed E-state index contributed by atoms with van der Waals surface area (Å²) in [5, 5.41) is 6.08. The number of nitrogens with two attached hydrogens (primary N) is 1. The first-order valence-electron chi connectivity index (χ1n) is 6.52. The number of rotatable bonds is 4. The molecule has 1 heterocycles. The summed E-state index contributed by atoms with van der Waals surface area (Å²) >= 11 is 0. The van der Waals surface area contributed by atoms with Gasteiger partial charge in [0, 0.05) is 30.3 Å². The van der Waals surface area contributed by atoms with Crippen molar-refractivity contribution in [1.82, 2.24) is 5.32 Å². The lowest BCUT2D eigenvalue weighted by Gasteiger charge is -2.19. The third kappa shape index (κ3) is 3.47. The van der Waals surface area contributed by atoms with Crippen molar-refractivity contribution in [3.8, 4) is 0 Å². The summed E-state index contributed by atoms with van der Waals surface area (Å²) in [5.74, 6) is -0.579. The second-order valence-electron chi connectivity index (χ2n) is 4.95. The molecular formula is C14H19N3O2. The van der Waals surface area contributed by atoms with E-state index >= 15 is 0 Å². The van der Waals surface area contributed by atoms with Crippen molar-refractivity contribution in [1.29, 1.82) is 0 Å². The van der Waals surface area contributed by atoms with Gasteiger partial charge in [-0.1, -0.05) is 0 Å². The first kappa shape index (κ1) is 13.4. The SMILES string of the molecule is CC(CC(N)=O)NC(=O)c1ccc2c(c1)CCCN2. The van der Waals surface area contributed by atoms with E-state index in [0.717, 1.165) is 25.1 Å². The van der Waals surface area contributed by atoms with Gasteiger partial charge in [0.1, 0.15) is 0 Å². The standard InChI is InChI=1S/C14H19N3O2/c1-9(7-13(15)18)17-14(19)11-4-5-12-10(8-11)3-2-6-16-12/h4-5,8-9,16H,2-3,6-7H2,1H3,(H2,15,18)(H,17,19). The lowest BCUT2D eigenvalue weighted by Crippen LogP contribution is -2.35. The second-order valence-corrected chi connectivity index (χ2v) is 4.95. The first-order valence-corrected chi connectivity index (χ1v) is 6.52. The fourth-order valence-electron chi connectivity index (χ4n) is 2.28. The van der Waals surface area contributed by atoms with Gasteiger partial charge in [-0.15, -0.1) is 0 Å². The third-order valence-electron chi connectivity index (χ3n) is 3.19. The van der Waals surface area contributed by atoms with Crippen LogP contribution in [0.4, 0.5) is 5.69 Å². The highest BCUT2D eigenvalue weighted by Gasteiger charge is 2.14. The van der Waals surface area contributed by atoms with E-state index in [0.29, 0.717) is 5.56 Å². The quantitative estimate of drug-likeness (QED) is 0.757. The van der Waals surface area contributed by atoms with E-state index < -0.39 is 5.91 Å². The summed E-state index contributed by atoms with van der Waals surface area (Å²) in [5.41, 5.74) is 8.00. The molecule has 1 aromatic carbocycles. The first-order chi connectivity index (χ1) is 9.06. The van der Waals surface area contributed by atoms with Crippen molar-refractivity contribution in [3.05, 3.63) is 29.3 Å². The molecule has 19 heavy (non-hydrogen) atoms. The Hall–Kier alpha value is -2.04. The van der Waals surface area contributed by atoms with Crippen LogP contribution in [0.15, 0.2) is 18.2 Å². The van der Waals surface area contributed by atoms with Crippen LogP contribution in [0, 0.1) is 0 Å². The molecule has 2 amide bonds. The Morgan fingerprint density at radius 2 is 2.26 bits per heavy atom. The third-order valence-corrected chi connectivity index (χ3v) is 3.19. The molecule has 0 saturated carbocycles. The van der Waals surface area contributed by atoms with E-state index in [1.54, 1.807) is 13.0 Å². The molecule has 0 bridgehead atoms. The zero-order valence-electron chi connectivity index (χ0n) is 11.0. The molecule has 4 N–H and O–H groups in total. The Morgan fingerprint density at radius 3 is 3.00 bits per heavy atom. The number of carbonyl (C=O) groups excluding carboxylic acids is 2. The van der Waals surface area contributed by atoms with E-state index in [-0.39, 0.29) is 18.4 Å². The topological polar surface area (TPSA) is 84.2 Å². The molecule has 0 aromatic heterocycles. The van der Waals surface area contributed by atoms with Crippen LogP contribution in [0.5, 0.6) is 0 Å². The maximum atomic E-state index is 12.0. The van der Waals surface area contributed by atoms with E-state index in [4.69, 9.17) is 5.73 Å². The summed E-state index contributed by atoms with van der Waals surface area (Å²) in [7, 11) is 0. The van der Waals surface area contributed by atoms with Gasteiger partial charge in [-0.05, 0) is 43.5 Å². The van der Waals surface area contributed by atoms with Crippen LogP contribution in [0.25, 0.3) is 0 Å². The molecule has 0 radical (unpaired) electrons. The minimum atomic E-state index is -0.414. The fourth-order valence-corrected chi connectivity index (χ4v) is 2.28. The summed E-state index contributed by atoms with van der Waals surface area (Å²) in [6, 6.07) is 5.39. The van der Waals surface area contributed by atoms with Crippen LogP contribution in [-0.2, 0) is 11.2 Å². The zero-order chi connectivity index (χ0) is 13.8. The van der Waals surface area contributed by atoms with Gasteiger partial charge >= 0.3 is 0 Å². The molecule has 102 valence electrons. The van der Waals surface area contributed by atoms with Gasteiger partial charge in [-0.3, -0.25) is 9.59 Å². The molecule has 5 heteroatoms. The average Bonchev–Trinajstić information content (AvgIpc) is 2.37. The molecule has 0 spiro atoms. The van der Waals surface area contributed by atoms with E-state index in [2.05, 4.69) is 10.6 Å². The van der Waals surface area contributed by atoms with Crippen molar-refractivity contribution in [2.75, 3.05) is 11.9 Å². The minimum Gasteiger partial charge on any atom is -0.385 e. The maximum Gasteiger partial charge on any atom is 0.251 e. The van der Waals surface area contributed by atoms with Crippen LogP contribution in [0.3, 0.4) is 0 Å². The summed E-state index contributed by atoms with van der Waals surface area (Å²) < 4.78 is 0. The van der Waals surface area contributed by atoms with Gasteiger partial charge < -0.3 is 16.4 Å². The van der Waals surface area contributed by atoms with Crippen molar-refractivity contribution >= 4 is 17.5 Å². The molecule has 1 aromatic rings. The number of carbonyl (C=O) groups is 2. The monoisotopic (exact) mass is 261 g/mol. The molecule has 0 saturated heterocycles. The van der Waals surface area contributed by atoms with E-state index in [1.807, 2.05) is 12.1 Å². The summed E-state index contributed by atoms with van der Waals surface area (Å²) in [4.78, 5) is 22.8. The zero-order valence-corrected chi connectivity index (χ0v) is 11.0. The summed E-state index contributed by atoms with van der Waals surface area (Å²) in [6.45, 7) is 2.75. The summed E-state index contributed by atoms with van der Waals surface area (Å²) in [6.07, 6.45) is 2.22. The smallest absolute Gasteiger partial charge is 0.251 e. The highest BCUT2D eigenvalue weighted by atomic mass is 16.2. The minimum absolute atomic E-state index is 0.151. The molecule has 1 atom stereocenters. The largest absolute Gasteiger partial charge is 0.385 e. The van der Waals surface area contributed by atoms with Gasteiger partial charge in [0.25, 0.3) is 5.91 Å². The number of fused-ring (bicyclic) bond motifs is 1. The Kier molecular flexibility index (Phi) is 4.04. The number of hydrogen-bond acceptors (Lipinski definition) is 3. The Balaban J connectivity index is 2.05. The molecular weight excluding hydrogens is 242 g/mol. The number of amides is 2. The highest BCUT2D eigenvalue weighted by molar-refractivity contribution is 5.95. The Morgan fingerprint density at radius 1 is 1.47 bits per heavy atom. The van der Waals surface area contributed by atoms with Crippen LogP contribution >= 0.6 is 0 Å². The van der Waals surface area contributed by atoms with Crippen molar-refractivity contribution in [2.24, 2.45) is 5.73 Å². The van der Waals surface area contributed by atoms with Gasteiger partial charge in [-0.25, -0.2) is 0 Å². The molecule has 1 aliphatic rings. The van der Waals surface area contributed by atoms with E-state index in [1.165, 1.54) is 5.56 Å². The number of benzene rings is 1. The van der Waals surface area contributed by atoms with Crippen LogP contribution < -0.4 is 16.4 Å². The van der Waals surface area contributed by atoms with Gasteiger partial charge in [0.05, 0.1) is 0 Å². The fraction of sp³-hybridized carbons (Fsp3) is 0.429. The molecule has 1 unspecified atom stereocenters. The molecule has 1 aliphatic heterocycles. The average molecular weight is 261 g/mol. The second kappa shape index (κ2) is 5.73. The van der Waals surface area contributed by atoms with E-state index in [9.17, 15) is 9.59 Å². The normalized spacial score (nSPS) is 15.0. The number of aryl methyl sites for hydroxylation is 1. The molecule has 0 aliphatic carbocycles. The maximum absolute atomic E-state index is 12.0. The Labute approximate surface area is 112 Å². The molecule has 2 rings (SSSR count). The Bertz CT molecular complexity index is 499. The van der Waals surface area contributed by atoms with Gasteiger partial charge in [-0.2, -0.15) is 0 Å². The van der Waals surface area contributed by atoms with Crippen molar-refractivity contribution in [3.63, 3.8) is 0 Å². The van der Waals surface area contributed by atoms with Crippen molar-refractivity contribution < 1.29 is 9.59 Å². The predicted octanol–water partition coefficient (Wildman–Crippen LogP) is 1.04. The number of hydrogen-bond donors (Lipinski definition) is 3. The van der Waals surface area contributed by atoms with Gasteiger partial charge in [0.15, 0.2) is 0 Å². The van der Waals surface area contributed by atoms with Gasteiger partial charge in [0.2, 0.25) is 5.91 Å². The molecule has 5 nitrogen and oxygen atoms in total. The van der Waals surface area contributed by atoms with Crippen molar-refractivity contribution in [2.45, 2.75) is 32.2 Å². The van der Waals surface area contributed by atoms with Crippen LogP contribution in [0.2, 0.25) is 0 Å². The number of primary amides is 1. The predicted molar refractivity (Wildman–Crippen MR) is 74.0 cm³/mol.